The van der Waals surface area contributed by atoms with Crippen LogP contribution in [0.3, 0.4) is 0 Å². The second-order valence-electron chi connectivity index (χ2n) is 7.64. The van der Waals surface area contributed by atoms with Gasteiger partial charge in [0.05, 0.1) is 30.1 Å². The first-order valence-electron chi connectivity index (χ1n) is 10.4. The molecule has 1 amide bonds. The summed E-state index contributed by atoms with van der Waals surface area (Å²) < 4.78 is 44.8. The number of carbonyl (C=O) groups excluding carboxylic acids is 2. The highest BCUT2D eigenvalue weighted by Crippen LogP contribution is 2.31. The number of carbonyl (C=O) groups is 2. The van der Waals surface area contributed by atoms with Gasteiger partial charge in [-0.15, -0.1) is 5.10 Å². The number of nitrogens with one attached hydrogen (secondary N) is 1. The minimum absolute atomic E-state index is 0.192. The molecule has 35 heavy (non-hydrogen) atoms. The van der Waals surface area contributed by atoms with E-state index in [0.29, 0.717) is 28.2 Å². The van der Waals surface area contributed by atoms with E-state index < -0.39 is 17.7 Å². The molecule has 0 unspecified atom stereocenters. The molecular weight excluding hydrogens is 461 g/mol. The quantitative estimate of drug-likeness (QED) is 0.389. The second-order valence-corrected chi connectivity index (χ2v) is 7.64. The minimum Gasteiger partial charge on any atom is -0.465 e. The van der Waals surface area contributed by atoms with Crippen molar-refractivity contribution in [1.29, 1.82) is 0 Å². The lowest BCUT2D eigenvalue weighted by molar-refractivity contribution is -0.137. The average Bonchev–Trinajstić information content (AvgIpc) is 3.33. The molecule has 1 aromatic heterocycles. The Morgan fingerprint density at radius 3 is 2.17 bits per heavy atom. The minimum atomic E-state index is -4.43. The van der Waals surface area contributed by atoms with E-state index in [0.717, 1.165) is 17.7 Å². The summed E-state index contributed by atoms with van der Waals surface area (Å²) in [5.41, 5.74) is 2.93. The molecule has 0 radical (unpaired) electrons. The lowest BCUT2D eigenvalue weighted by Crippen LogP contribution is -2.05. The Labute approximate surface area is 198 Å². The number of hydrogen-bond acceptors (Lipinski definition) is 5. The number of hydrogen-bond donors (Lipinski definition) is 1. The van der Waals surface area contributed by atoms with Crippen LogP contribution in [-0.2, 0) is 15.7 Å². The first-order valence-corrected chi connectivity index (χ1v) is 10.4. The molecule has 0 aliphatic heterocycles. The molecule has 4 aromatic rings. The number of rotatable bonds is 5. The van der Waals surface area contributed by atoms with Gasteiger partial charge in [-0.1, -0.05) is 29.5 Å². The van der Waals surface area contributed by atoms with E-state index in [1.807, 2.05) is 0 Å². The Hall–Kier alpha value is -4.47. The number of ether oxygens (including phenoxy) is 1. The third-order valence-corrected chi connectivity index (χ3v) is 5.14. The zero-order valence-electron chi connectivity index (χ0n) is 18.6. The standard InChI is InChI=1S/C25H19F3N4O3/c1-15(33)29-21-9-5-16(6-10-21)18-11-19(24(34)35-2)13-22(12-18)32-14-23(30-31-32)17-3-7-20(8-4-17)25(26,27)28/h3-14H,1-2H3,(H,29,33). The van der Waals surface area contributed by atoms with E-state index in [2.05, 4.69) is 15.6 Å². The van der Waals surface area contributed by atoms with Gasteiger partial charge in [-0.05, 0) is 53.6 Å². The Morgan fingerprint density at radius 2 is 1.57 bits per heavy atom. The fraction of sp³-hybridized carbons (Fsp3) is 0.120. The number of methoxy groups -OCH3 is 1. The van der Waals surface area contributed by atoms with Crippen LogP contribution in [0.1, 0.15) is 22.8 Å². The first-order chi connectivity index (χ1) is 16.6. The van der Waals surface area contributed by atoms with Gasteiger partial charge in [-0.3, -0.25) is 4.79 Å². The topological polar surface area (TPSA) is 86.1 Å². The highest BCUT2D eigenvalue weighted by atomic mass is 19.4. The predicted octanol–water partition coefficient (Wildman–Crippen LogP) is 5.37. The molecule has 0 saturated carbocycles. The van der Waals surface area contributed by atoms with Gasteiger partial charge in [-0.25, -0.2) is 9.48 Å². The van der Waals surface area contributed by atoms with Crippen molar-refractivity contribution < 1.29 is 27.5 Å². The molecule has 1 heterocycles. The largest absolute Gasteiger partial charge is 0.465 e. The summed E-state index contributed by atoms with van der Waals surface area (Å²) in [5.74, 6) is -0.742. The molecular formula is C25H19F3N4O3. The maximum Gasteiger partial charge on any atom is 0.416 e. The maximum atomic E-state index is 12.8. The summed E-state index contributed by atoms with van der Waals surface area (Å²) in [4.78, 5) is 23.5. The van der Waals surface area contributed by atoms with Gasteiger partial charge < -0.3 is 10.1 Å². The molecule has 0 saturated heterocycles. The van der Waals surface area contributed by atoms with Gasteiger partial charge in [0.1, 0.15) is 5.69 Å². The lowest BCUT2D eigenvalue weighted by Gasteiger charge is -2.10. The first kappa shape index (κ1) is 23.7. The van der Waals surface area contributed by atoms with Crippen molar-refractivity contribution in [2.45, 2.75) is 13.1 Å². The number of esters is 1. The summed E-state index contributed by atoms with van der Waals surface area (Å²) in [5, 5.41) is 10.8. The fourth-order valence-electron chi connectivity index (χ4n) is 3.45. The number of halogens is 3. The van der Waals surface area contributed by atoms with E-state index >= 15 is 0 Å². The maximum absolute atomic E-state index is 12.8. The van der Waals surface area contributed by atoms with Gasteiger partial charge >= 0.3 is 12.1 Å². The molecule has 0 bridgehead atoms. The Bertz CT molecular complexity index is 1380. The Balaban J connectivity index is 1.70. The van der Waals surface area contributed by atoms with Crippen molar-refractivity contribution in [3.8, 4) is 28.1 Å². The van der Waals surface area contributed by atoms with Crippen LogP contribution in [0, 0.1) is 0 Å². The van der Waals surface area contributed by atoms with Crippen molar-refractivity contribution in [3.63, 3.8) is 0 Å². The van der Waals surface area contributed by atoms with Gasteiger partial charge in [0, 0.05) is 18.2 Å². The molecule has 0 spiro atoms. The van der Waals surface area contributed by atoms with Gasteiger partial charge in [0.2, 0.25) is 5.91 Å². The number of benzene rings is 3. The van der Waals surface area contributed by atoms with Crippen LogP contribution in [-0.4, -0.2) is 34.0 Å². The zero-order valence-corrected chi connectivity index (χ0v) is 18.6. The summed E-state index contributed by atoms with van der Waals surface area (Å²) in [6.45, 7) is 1.41. The SMILES string of the molecule is COC(=O)c1cc(-c2ccc(NC(C)=O)cc2)cc(-n2cc(-c3ccc(C(F)(F)F)cc3)nn2)c1. The van der Waals surface area contributed by atoms with E-state index in [-0.39, 0.29) is 11.5 Å². The van der Waals surface area contributed by atoms with Crippen LogP contribution in [0.4, 0.5) is 18.9 Å². The predicted molar refractivity (Wildman–Crippen MR) is 123 cm³/mol. The number of anilines is 1. The highest BCUT2D eigenvalue weighted by Gasteiger charge is 2.30. The zero-order chi connectivity index (χ0) is 25.2. The normalized spacial score (nSPS) is 11.2. The van der Waals surface area contributed by atoms with E-state index in [9.17, 15) is 22.8 Å². The molecule has 178 valence electrons. The second kappa shape index (κ2) is 9.41. The van der Waals surface area contributed by atoms with E-state index in [4.69, 9.17) is 4.74 Å². The Morgan fingerprint density at radius 1 is 0.914 bits per heavy atom. The number of aromatic nitrogens is 3. The van der Waals surface area contributed by atoms with Gasteiger partial charge in [-0.2, -0.15) is 13.2 Å². The molecule has 0 aliphatic carbocycles. The molecule has 3 aromatic carbocycles. The fourth-order valence-corrected chi connectivity index (χ4v) is 3.45. The molecule has 10 heteroatoms. The van der Waals surface area contributed by atoms with E-state index in [1.165, 1.54) is 30.8 Å². The Kier molecular flexibility index (Phi) is 6.37. The summed E-state index contributed by atoms with van der Waals surface area (Å²) >= 11 is 0. The van der Waals surface area contributed by atoms with Crippen LogP contribution in [0.2, 0.25) is 0 Å². The van der Waals surface area contributed by atoms with E-state index in [1.54, 1.807) is 48.7 Å². The summed E-state index contributed by atoms with van der Waals surface area (Å²) in [6, 6.07) is 16.7. The highest BCUT2D eigenvalue weighted by molar-refractivity contribution is 5.92. The smallest absolute Gasteiger partial charge is 0.416 e. The molecule has 0 atom stereocenters. The van der Waals surface area contributed by atoms with Crippen molar-refractivity contribution in [2.24, 2.45) is 0 Å². The molecule has 7 nitrogen and oxygen atoms in total. The average molecular weight is 480 g/mol. The summed E-state index contributed by atoms with van der Waals surface area (Å²) in [7, 11) is 1.27. The number of amides is 1. The van der Waals surface area contributed by atoms with Gasteiger partial charge in [0.15, 0.2) is 0 Å². The molecule has 1 N–H and O–H groups in total. The van der Waals surface area contributed by atoms with Crippen molar-refractivity contribution >= 4 is 17.6 Å². The molecule has 4 rings (SSSR count). The monoisotopic (exact) mass is 480 g/mol. The summed E-state index contributed by atoms with van der Waals surface area (Å²) in [6.07, 6.45) is -2.87. The van der Waals surface area contributed by atoms with Crippen LogP contribution in [0.25, 0.3) is 28.1 Å². The molecule has 0 aliphatic rings. The van der Waals surface area contributed by atoms with Crippen LogP contribution < -0.4 is 5.32 Å². The third-order valence-electron chi connectivity index (χ3n) is 5.14. The van der Waals surface area contributed by atoms with Crippen molar-refractivity contribution in [3.05, 3.63) is 84.1 Å². The van der Waals surface area contributed by atoms with Crippen molar-refractivity contribution in [1.82, 2.24) is 15.0 Å². The lowest BCUT2D eigenvalue weighted by atomic mass is 10.0. The third kappa shape index (κ3) is 5.37. The number of alkyl halides is 3. The van der Waals surface area contributed by atoms with Crippen LogP contribution in [0.15, 0.2) is 72.9 Å². The van der Waals surface area contributed by atoms with Crippen molar-refractivity contribution in [2.75, 3.05) is 12.4 Å². The number of nitrogens with zero attached hydrogens (tertiary/aromatic N) is 3. The molecule has 0 fully saturated rings. The van der Waals surface area contributed by atoms with Gasteiger partial charge in [0.25, 0.3) is 0 Å². The van der Waals surface area contributed by atoms with Crippen LogP contribution >= 0.6 is 0 Å². The van der Waals surface area contributed by atoms with Crippen LogP contribution in [0.5, 0.6) is 0 Å².